The molecule has 0 atom stereocenters. The van der Waals surface area contributed by atoms with Gasteiger partial charge in [-0.15, -0.1) is 10.2 Å². The average Bonchev–Trinajstić information content (AvgIpc) is 3.44. The number of aromatic nitrogens is 4. The summed E-state index contributed by atoms with van der Waals surface area (Å²) in [6.07, 6.45) is 7.63. The van der Waals surface area contributed by atoms with Gasteiger partial charge in [0.05, 0.1) is 0 Å². The zero-order valence-corrected chi connectivity index (χ0v) is 15.5. The number of benzene rings is 1. The van der Waals surface area contributed by atoms with Crippen molar-refractivity contribution in [2.24, 2.45) is 0 Å². The monoisotopic (exact) mass is 369 g/mol. The number of nitrogens with one attached hydrogen (secondary N) is 1. The minimum Gasteiger partial charge on any atom is -0.349 e. The third-order valence-electron chi connectivity index (χ3n) is 5.05. The van der Waals surface area contributed by atoms with E-state index in [1.54, 1.807) is 12.4 Å². The Morgan fingerprint density at radius 1 is 1.11 bits per heavy atom. The molecule has 6 nitrogen and oxygen atoms in total. The van der Waals surface area contributed by atoms with E-state index in [1.807, 2.05) is 60.0 Å². The molecule has 0 aliphatic heterocycles. The largest absolute Gasteiger partial charge is 0.349 e. The molecule has 0 saturated heterocycles. The van der Waals surface area contributed by atoms with Gasteiger partial charge in [0, 0.05) is 35.8 Å². The number of hydrogen-bond donors (Lipinski definition) is 1. The van der Waals surface area contributed by atoms with Crippen LogP contribution in [0.4, 0.5) is 0 Å². The van der Waals surface area contributed by atoms with E-state index >= 15 is 0 Å². The van der Waals surface area contributed by atoms with E-state index in [2.05, 4.69) is 20.5 Å². The van der Waals surface area contributed by atoms with E-state index in [-0.39, 0.29) is 5.91 Å². The molecule has 3 aromatic heterocycles. The van der Waals surface area contributed by atoms with Crippen LogP contribution in [0.15, 0.2) is 61.1 Å². The highest BCUT2D eigenvalue weighted by Crippen LogP contribution is 2.27. The second-order valence-electron chi connectivity index (χ2n) is 7.19. The molecule has 0 spiro atoms. The first kappa shape index (κ1) is 16.6. The first-order valence-corrected chi connectivity index (χ1v) is 9.36. The third-order valence-corrected chi connectivity index (χ3v) is 5.05. The zero-order chi connectivity index (χ0) is 19.1. The van der Waals surface area contributed by atoms with Crippen LogP contribution in [0.1, 0.15) is 28.8 Å². The van der Waals surface area contributed by atoms with Crippen molar-refractivity contribution in [2.75, 3.05) is 0 Å². The van der Waals surface area contributed by atoms with Gasteiger partial charge >= 0.3 is 0 Å². The molecular formula is C22H19N5O. The van der Waals surface area contributed by atoms with E-state index in [9.17, 15) is 4.79 Å². The van der Waals surface area contributed by atoms with Gasteiger partial charge in [-0.25, -0.2) is 0 Å². The van der Waals surface area contributed by atoms with Gasteiger partial charge in [0.1, 0.15) is 0 Å². The molecule has 1 saturated carbocycles. The van der Waals surface area contributed by atoms with Crippen LogP contribution in [0.2, 0.25) is 0 Å². The molecule has 5 rings (SSSR count). The lowest BCUT2D eigenvalue weighted by Gasteiger charge is -2.10. The molecule has 0 radical (unpaired) electrons. The molecule has 6 heteroatoms. The molecule has 3 heterocycles. The maximum Gasteiger partial charge on any atom is 0.251 e. The lowest BCUT2D eigenvalue weighted by atomic mass is 9.98. The van der Waals surface area contributed by atoms with Crippen LogP contribution in [0.5, 0.6) is 0 Å². The molecule has 1 amide bonds. The Morgan fingerprint density at radius 3 is 2.79 bits per heavy atom. The Hall–Kier alpha value is -3.54. The Balaban J connectivity index is 1.53. The maximum absolute atomic E-state index is 12.4. The molecule has 1 aliphatic carbocycles. The third kappa shape index (κ3) is 3.03. The van der Waals surface area contributed by atoms with Crippen molar-refractivity contribution >= 4 is 11.6 Å². The number of amides is 1. The predicted molar refractivity (Wildman–Crippen MR) is 107 cm³/mol. The van der Waals surface area contributed by atoms with Gasteiger partial charge in [0.2, 0.25) is 0 Å². The Labute approximate surface area is 162 Å². The Morgan fingerprint density at radius 2 is 2.00 bits per heavy atom. The second-order valence-corrected chi connectivity index (χ2v) is 7.19. The summed E-state index contributed by atoms with van der Waals surface area (Å²) in [6, 6.07) is 14.0. The quantitative estimate of drug-likeness (QED) is 0.596. The van der Waals surface area contributed by atoms with Crippen LogP contribution >= 0.6 is 0 Å². The molecule has 1 fully saturated rings. The summed E-state index contributed by atoms with van der Waals surface area (Å²) in [4.78, 5) is 16.6. The van der Waals surface area contributed by atoms with Gasteiger partial charge in [0.25, 0.3) is 5.91 Å². The summed E-state index contributed by atoms with van der Waals surface area (Å²) in [5, 5.41) is 11.7. The van der Waals surface area contributed by atoms with Gasteiger partial charge in [-0.3, -0.25) is 14.2 Å². The number of fused-ring (bicyclic) bond motifs is 1. The minimum atomic E-state index is -0.00818. The van der Waals surface area contributed by atoms with E-state index in [4.69, 9.17) is 0 Å². The highest BCUT2D eigenvalue weighted by molar-refractivity contribution is 5.96. The van der Waals surface area contributed by atoms with Crippen molar-refractivity contribution in [3.63, 3.8) is 0 Å². The summed E-state index contributed by atoms with van der Waals surface area (Å²) in [5.74, 6) is 0.745. The van der Waals surface area contributed by atoms with Crippen LogP contribution in [0.3, 0.4) is 0 Å². The molecule has 0 bridgehead atoms. The number of pyridine rings is 2. The summed E-state index contributed by atoms with van der Waals surface area (Å²) >= 11 is 0. The fourth-order valence-electron chi connectivity index (χ4n) is 3.32. The molecule has 4 aromatic rings. The molecule has 1 aromatic carbocycles. The molecule has 1 N–H and O–H groups in total. The van der Waals surface area contributed by atoms with Gasteiger partial charge in [-0.2, -0.15) is 0 Å². The van der Waals surface area contributed by atoms with Crippen molar-refractivity contribution < 1.29 is 4.79 Å². The highest BCUT2D eigenvalue weighted by atomic mass is 16.1. The summed E-state index contributed by atoms with van der Waals surface area (Å²) in [5.41, 5.74) is 5.50. The zero-order valence-electron chi connectivity index (χ0n) is 15.5. The van der Waals surface area contributed by atoms with E-state index in [0.717, 1.165) is 46.6 Å². The van der Waals surface area contributed by atoms with Crippen LogP contribution in [0, 0.1) is 6.92 Å². The Kier molecular flexibility index (Phi) is 3.90. The van der Waals surface area contributed by atoms with Crippen LogP contribution < -0.4 is 5.32 Å². The van der Waals surface area contributed by atoms with Crippen LogP contribution in [-0.4, -0.2) is 31.5 Å². The number of nitrogens with zero attached hydrogens (tertiary/aromatic N) is 4. The molecule has 0 unspecified atom stereocenters. The van der Waals surface area contributed by atoms with Crippen molar-refractivity contribution in [1.82, 2.24) is 24.9 Å². The van der Waals surface area contributed by atoms with Gasteiger partial charge in [-0.05, 0) is 72.9 Å². The van der Waals surface area contributed by atoms with E-state index < -0.39 is 0 Å². The standard InChI is InChI=1S/C22H19N5O/c1-14-4-5-16(22(28)24-18-6-7-18)11-19(14)15-8-10-27-20(12-15)25-26-21(27)17-3-2-9-23-13-17/h2-5,8-13,18H,6-7H2,1H3,(H,24,28). The SMILES string of the molecule is Cc1ccc(C(=O)NC2CC2)cc1-c1ccn2c(-c3cccnc3)nnc2c1. The fraction of sp³-hybridized carbons (Fsp3) is 0.182. The number of carbonyl (C=O) groups excluding carboxylic acids is 1. The topological polar surface area (TPSA) is 72.2 Å². The summed E-state index contributed by atoms with van der Waals surface area (Å²) in [6.45, 7) is 2.05. The fourth-order valence-corrected chi connectivity index (χ4v) is 3.32. The minimum absolute atomic E-state index is 0.00818. The lowest BCUT2D eigenvalue weighted by Crippen LogP contribution is -2.25. The van der Waals surface area contributed by atoms with Gasteiger partial charge in [0.15, 0.2) is 11.5 Å². The summed E-state index contributed by atoms with van der Waals surface area (Å²) < 4.78 is 1.94. The maximum atomic E-state index is 12.4. The lowest BCUT2D eigenvalue weighted by molar-refractivity contribution is 0.0951. The average molecular weight is 369 g/mol. The first-order valence-electron chi connectivity index (χ1n) is 9.36. The molecular weight excluding hydrogens is 350 g/mol. The number of carbonyl (C=O) groups is 1. The number of hydrogen-bond acceptors (Lipinski definition) is 4. The summed E-state index contributed by atoms with van der Waals surface area (Å²) in [7, 11) is 0. The van der Waals surface area contributed by atoms with Crippen LogP contribution in [0.25, 0.3) is 28.2 Å². The Bertz CT molecular complexity index is 1180. The van der Waals surface area contributed by atoms with Gasteiger partial charge in [-0.1, -0.05) is 6.07 Å². The molecule has 138 valence electrons. The van der Waals surface area contributed by atoms with Crippen molar-refractivity contribution in [3.05, 3.63) is 72.2 Å². The predicted octanol–water partition coefficient (Wildman–Crippen LogP) is 3.66. The highest BCUT2D eigenvalue weighted by Gasteiger charge is 2.24. The second kappa shape index (κ2) is 6.56. The van der Waals surface area contributed by atoms with E-state index in [1.165, 1.54) is 0 Å². The van der Waals surface area contributed by atoms with Crippen molar-refractivity contribution in [2.45, 2.75) is 25.8 Å². The molecule has 1 aliphatic rings. The first-order chi connectivity index (χ1) is 13.7. The van der Waals surface area contributed by atoms with E-state index in [0.29, 0.717) is 11.6 Å². The number of aryl methyl sites for hydroxylation is 1. The molecule has 28 heavy (non-hydrogen) atoms. The van der Waals surface area contributed by atoms with Crippen LogP contribution in [-0.2, 0) is 0 Å². The van der Waals surface area contributed by atoms with Gasteiger partial charge < -0.3 is 5.32 Å². The number of rotatable bonds is 4. The van der Waals surface area contributed by atoms with Crippen molar-refractivity contribution in [1.29, 1.82) is 0 Å². The smallest absolute Gasteiger partial charge is 0.251 e. The normalized spacial score (nSPS) is 13.6. The van der Waals surface area contributed by atoms with Crippen molar-refractivity contribution in [3.8, 4) is 22.5 Å².